The quantitative estimate of drug-likeness (QED) is 0.795. The molecule has 2 rings (SSSR count). The molecule has 0 spiro atoms. The maximum absolute atomic E-state index is 12.0. The molecule has 21 heavy (non-hydrogen) atoms. The Labute approximate surface area is 128 Å². The van der Waals surface area contributed by atoms with Gasteiger partial charge in [0.2, 0.25) is 0 Å². The van der Waals surface area contributed by atoms with Crippen molar-refractivity contribution >= 4 is 23.3 Å². The number of hydrogen-bond donors (Lipinski definition) is 3. The van der Waals surface area contributed by atoms with Gasteiger partial charge in [-0.05, 0) is 25.7 Å². The largest absolute Gasteiger partial charge is 0.480 e. The lowest BCUT2D eigenvalue weighted by atomic mass is 9.76. The minimum Gasteiger partial charge on any atom is -0.480 e. The zero-order valence-corrected chi connectivity index (χ0v) is 13.1. The molecule has 1 aliphatic carbocycles. The van der Waals surface area contributed by atoms with E-state index in [0.29, 0.717) is 25.3 Å². The number of carboxylic acid groups (broad SMARTS) is 1. The molecule has 116 valence electrons. The van der Waals surface area contributed by atoms with Gasteiger partial charge in [0.25, 0.3) is 0 Å². The number of carbonyl (C=O) groups excluding carboxylic acids is 1. The van der Waals surface area contributed by atoms with Gasteiger partial charge in [-0.15, -0.1) is 11.3 Å². The summed E-state index contributed by atoms with van der Waals surface area (Å²) in [7, 11) is 0. The van der Waals surface area contributed by atoms with Crippen molar-refractivity contribution in [2.75, 3.05) is 0 Å². The van der Waals surface area contributed by atoms with Gasteiger partial charge in [0, 0.05) is 4.88 Å². The van der Waals surface area contributed by atoms with Crippen LogP contribution in [0.1, 0.15) is 43.2 Å². The van der Waals surface area contributed by atoms with Crippen molar-refractivity contribution in [3.8, 4) is 0 Å². The highest BCUT2D eigenvalue weighted by molar-refractivity contribution is 7.09. The van der Waals surface area contributed by atoms with Crippen LogP contribution in [0.5, 0.6) is 0 Å². The van der Waals surface area contributed by atoms with E-state index in [-0.39, 0.29) is 0 Å². The average Bonchev–Trinajstić information content (AvgIpc) is 2.82. The van der Waals surface area contributed by atoms with Crippen LogP contribution < -0.4 is 10.6 Å². The number of carboxylic acids is 1. The Morgan fingerprint density at radius 2 is 2.33 bits per heavy atom. The molecule has 3 N–H and O–H groups in total. The van der Waals surface area contributed by atoms with Gasteiger partial charge in [-0.1, -0.05) is 19.8 Å². The fraction of sp³-hybridized carbons (Fsp3) is 0.643. The Balaban J connectivity index is 1.95. The molecule has 1 aromatic heterocycles. The second-order valence-electron chi connectivity index (χ2n) is 5.76. The molecule has 1 aliphatic rings. The lowest BCUT2D eigenvalue weighted by Crippen LogP contribution is -2.58. The van der Waals surface area contributed by atoms with E-state index in [1.807, 2.05) is 13.8 Å². The summed E-state index contributed by atoms with van der Waals surface area (Å²) in [6.45, 7) is 4.28. The van der Waals surface area contributed by atoms with Crippen LogP contribution in [0.15, 0.2) is 5.51 Å². The third-order valence-electron chi connectivity index (χ3n) is 4.01. The summed E-state index contributed by atoms with van der Waals surface area (Å²) >= 11 is 1.47. The monoisotopic (exact) mass is 311 g/mol. The molecule has 2 unspecified atom stereocenters. The number of aryl methyl sites for hydroxylation is 1. The highest BCUT2D eigenvalue weighted by Crippen LogP contribution is 2.32. The fourth-order valence-corrected chi connectivity index (χ4v) is 3.55. The second kappa shape index (κ2) is 6.43. The average molecular weight is 311 g/mol. The zero-order valence-electron chi connectivity index (χ0n) is 12.3. The Kier molecular flexibility index (Phi) is 4.82. The Morgan fingerprint density at radius 3 is 2.90 bits per heavy atom. The summed E-state index contributed by atoms with van der Waals surface area (Å²) in [5.74, 6) is -0.642. The normalized spacial score (nSPS) is 25.3. The molecule has 0 radical (unpaired) electrons. The molecule has 2 amide bonds. The standard InChI is InChI=1S/C14H21N3O3S/c1-9-4-3-5-14(6-9,12(18)19)17-13(20)15-7-11-10(2)16-8-21-11/h8-9H,3-7H2,1-2H3,(H,18,19)(H2,15,17,20). The number of aromatic nitrogens is 1. The van der Waals surface area contributed by atoms with Gasteiger partial charge < -0.3 is 15.7 Å². The highest BCUT2D eigenvalue weighted by atomic mass is 32.1. The smallest absolute Gasteiger partial charge is 0.329 e. The fourth-order valence-electron chi connectivity index (χ4n) is 2.83. The first kappa shape index (κ1) is 15.8. The minimum absolute atomic E-state index is 0.305. The summed E-state index contributed by atoms with van der Waals surface area (Å²) in [4.78, 5) is 28.7. The minimum atomic E-state index is -1.13. The van der Waals surface area contributed by atoms with Gasteiger partial charge in [0.1, 0.15) is 5.54 Å². The number of amides is 2. The molecule has 1 heterocycles. The maximum atomic E-state index is 12.0. The van der Waals surface area contributed by atoms with Crippen LogP contribution >= 0.6 is 11.3 Å². The van der Waals surface area contributed by atoms with E-state index in [4.69, 9.17) is 0 Å². The summed E-state index contributed by atoms with van der Waals surface area (Å²) in [5.41, 5.74) is 1.48. The SMILES string of the molecule is Cc1ncsc1CNC(=O)NC1(C(=O)O)CCCC(C)C1. The molecule has 0 bridgehead atoms. The number of urea groups is 1. The van der Waals surface area contributed by atoms with Gasteiger partial charge in [-0.25, -0.2) is 14.6 Å². The van der Waals surface area contributed by atoms with Gasteiger partial charge in [0.15, 0.2) is 0 Å². The number of thiazole rings is 1. The Morgan fingerprint density at radius 1 is 1.57 bits per heavy atom. The van der Waals surface area contributed by atoms with E-state index < -0.39 is 17.5 Å². The van der Waals surface area contributed by atoms with Crippen molar-refractivity contribution in [3.63, 3.8) is 0 Å². The number of nitrogens with zero attached hydrogens (tertiary/aromatic N) is 1. The molecule has 2 atom stereocenters. The second-order valence-corrected chi connectivity index (χ2v) is 6.70. The van der Waals surface area contributed by atoms with Gasteiger partial charge >= 0.3 is 12.0 Å². The first-order valence-electron chi connectivity index (χ1n) is 7.11. The van der Waals surface area contributed by atoms with Crippen molar-refractivity contribution in [1.82, 2.24) is 15.6 Å². The number of carbonyl (C=O) groups is 2. The molecule has 0 aromatic carbocycles. The maximum Gasteiger partial charge on any atom is 0.329 e. The van der Waals surface area contributed by atoms with Crippen LogP contribution in [-0.2, 0) is 11.3 Å². The first-order chi connectivity index (χ1) is 9.93. The van der Waals surface area contributed by atoms with Crippen molar-refractivity contribution in [2.24, 2.45) is 5.92 Å². The first-order valence-corrected chi connectivity index (χ1v) is 7.99. The van der Waals surface area contributed by atoms with Gasteiger partial charge in [-0.3, -0.25) is 0 Å². The predicted molar refractivity (Wildman–Crippen MR) is 80.2 cm³/mol. The summed E-state index contributed by atoms with van der Waals surface area (Å²) in [6.07, 6.45) is 2.80. The van der Waals surface area contributed by atoms with Gasteiger partial charge in [-0.2, -0.15) is 0 Å². The number of nitrogens with one attached hydrogen (secondary N) is 2. The molecule has 0 saturated heterocycles. The molecule has 1 fully saturated rings. The number of hydrogen-bond acceptors (Lipinski definition) is 4. The molecular formula is C14H21N3O3S. The molecular weight excluding hydrogens is 290 g/mol. The molecule has 6 nitrogen and oxygen atoms in total. The van der Waals surface area contributed by atoms with Crippen molar-refractivity contribution in [1.29, 1.82) is 0 Å². The molecule has 1 aromatic rings. The van der Waals surface area contributed by atoms with E-state index >= 15 is 0 Å². The predicted octanol–water partition coefficient (Wildman–Crippen LogP) is 2.28. The van der Waals surface area contributed by atoms with Gasteiger partial charge in [0.05, 0.1) is 17.7 Å². The third-order valence-corrected chi connectivity index (χ3v) is 4.95. The van der Waals surface area contributed by atoms with Crippen molar-refractivity contribution < 1.29 is 14.7 Å². The summed E-state index contributed by atoms with van der Waals surface area (Å²) in [5, 5.41) is 14.9. The zero-order chi connectivity index (χ0) is 15.5. The highest BCUT2D eigenvalue weighted by Gasteiger charge is 2.43. The third kappa shape index (κ3) is 3.72. The van der Waals surface area contributed by atoms with E-state index in [1.54, 1.807) is 5.51 Å². The molecule has 0 aliphatic heterocycles. The number of aliphatic carboxylic acids is 1. The van der Waals surface area contributed by atoms with E-state index in [9.17, 15) is 14.7 Å². The van der Waals surface area contributed by atoms with Crippen molar-refractivity contribution in [2.45, 2.75) is 51.6 Å². The Bertz CT molecular complexity index is 531. The van der Waals surface area contributed by atoms with E-state index in [0.717, 1.165) is 23.4 Å². The van der Waals surface area contributed by atoms with Crippen LogP contribution in [0.2, 0.25) is 0 Å². The van der Waals surface area contributed by atoms with Crippen LogP contribution in [-0.4, -0.2) is 27.6 Å². The van der Waals surface area contributed by atoms with Crippen LogP contribution in [0, 0.1) is 12.8 Å². The lowest BCUT2D eigenvalue weighted by Gasteiger charge is -2.36. The van der Waals surface area contributed by atoms with Crippen LogP contribution in [0.25, 0.3) is 0 Å². The lowest BCUT2D eigenvalue weighted by molar-refractivity contribution is -0.146. The van der Waals surface area contributed by atoms with Crippen LogP contribution in [0.4, 0.5) is 4.79 Å². The van der Waals surface area contributed by atoms with E-state index in [1.165, 1.54) is 11.3 Å². The Hall–Kier alpha value is -1.63. The molecule has 7 heteroatoms. The van der Waals surface area contributed by atoms with Crippen LogP contribution in [0.3, 0.4) is 0 Å². The summed E-state index contributed by atoms with van der Waals surface area (Å²) < 4.78 is 0. The van der Waals surface area contributed by atoms with Crippen molar-refractivity contribution in [3.05, 3.63) is 16.1 Å². The molecule has 1 saturated carbocycles. The van der Waals surface area contributed by atoms with E-state index in [2.05, 4.69) is 15.6 Å². The topological polar surface area (TPSA) is 91.3 Å². The number of rotatable bonds is 4. The summed E-state index contributed by atoms with van der Waals surface area (Å²) in [6, 6.07) is -0.431.